The molecule has 0 amide bonds. The molecule has 1 aromatic heterocycles. The van der Waals surface area contributed by atoms with Crippen LogP contribution in [0.1, 0.15) is 62.9 Å². The second kappa shape index (κ2) is 9.38. The Kier molecular flexibility index (Phi) is 7.84. The number of hydrogen-bond acceptors (Lipinski definition) is 3. The van der Waals surface area contributed by atoms with Crippen LogP contribution in [0.5, 0.6) is 0 Å². The van der Waals surface area contributed by atoms with Crippen molar-refractivity contribution >= 4 is 5.97 Å². The summed E-state index contributed by atoms with van der Waals surface area (Å²) in [5, 5.41) is 8.48. The van der Waals surface area contributed by atoms with E-state index >= 15 is 0 Å². The number of nitrogens with zero attached hydrogens (tertiary/aromatic N) is 2. The molecule has 0 aromatic carbocycles. The smallest absolute Gasteiger partial charge is 0.433 e. The lowest BCUT2D eigenvalue weighted by Crippen LogP contribution is -2.10. The van der Waals surface area contributed by atoms with Gasteiger partial charge in [-0.05, 0) is 18.9 Å². The van der Waals surface area contributed by atoms with E-state index in [1.54, 1.807) is 0 Å². The van der Waals surface area contributed by atoms with Gasteiger partial charge in [0, 0.05) is 19.0 Å². The Bertz CT molecular complexity index is 464. The number of rotatable bonds is 10. The third-order valence-corrected chi connectivity index (χ3v) is 3.29. The van der Waals surface area contributed by atoms with Crippen LogP contribution in [0.25, 0.3) is 0 Å². The molecule has 0 aliphatic heterocycles. The van der Waals surface area contributed by atoms with E-state index in [-0.39, 0.29) is 12.2 Å². The van der Waals surface area contributed by atoms with E-state index in [4.69, 9.17) is 5.11 Å². The van der Waals surface area contributed by atoms with Gasteiger partial charge in [-0.2, -0.15) is 13.2 Å². The summed E-state index contributed by atoms with van der Waals surface area (Å²) in [5.41, 5.74) is -0.893. The normalized spacial score (nSPS) is 11.6. The van der Waals surface area contributed by atoms with Gasteiger partial charge in [0.25, 0.3) is 0 Å². The Labute approximate surface area is 127 Å². The van der Waals surface area contributed by atoms with Crippen molar-refractivity contribution in [3.05, 3.63) is 23.8 Å². The molecule has 0 bridgehead atoms. The Morgan fingerprint density at radius 3 is 2.23 bits per heavy atom. The molecule has 1 aromatic rings. The number of aromatic nitrogens is 2. The highest BCUT2D eigenvalue weighted by Crippen LogP contribution is 2.27. The van der Waals surface area contributed by atoms with Gasteiger partial charge < -0.3 is 5.11 Å². The predicted molar refractivity (Wildman–Crippen MR) is 75.3 cm³/mol. The molecule has 0 spiro atoms. The van der Waals surface area contributed by atoms with Gasteiger partial charge in [-0.3, -0.25) is 4.79 Å². The first kappa shape index (κ1) is 18.4. The summed E-state index contributed by atoms with van der Waals surface area (Å²) in [7, 11) is 0. The van der Waals surface area contributed by atoms with Crippen LogP contribution in [-0.4, -0.2) is 21.0 Å². The average molecular weight is 318 g/mol. The summed E-state index contributed by atoms with van der Waals surface area (Å²) in [6.45, 7) is 0. The van der Waals surface area contributed by atoms with Crippen LogP contribution in [0.15, 0.2) is 12.3 Å². The van der Waals surface area contributed by atoms with Crippen LogP contribution < -0.4 is 0 Å². The molecule has 0 fully saturated rings. The number of hydrogen-bond donors (Lipinski definition) is 1. The van der Waals surface area contributed by atoms with Gasteiger partial charge in [-0.15, -0.1) is 0 Å². The molecule has 0 aliphatic carbocycles. The fraction of sp³-hybridized carbons (Fsp3) is 0.667. The molecule has 0 saturated heterocycles. The van der Waals surface area contributed by atoms with E-state index in [0.717, 1.165) is 50.8 Å². The Hall–Kier alpha value is -1.66. The summed E-state index contributed by atoms with van der Waals surface area (Å²) in [4.78, 5) is 17.7. The van der Waals surface area contributed by atoms with Crippen molar-refractivity contribution in [2.45, 2.75) is 64.0 Å². The first-order chi connectivity index (χ1) is 10.4. The Balaban J connectivity index is 2.11. The molecule has 1 N–H and O–H groups in total. The summed E-state index contributed by atoms with van der Waals surface area (Å²) in [6.07, 6.45) is 3.67. The maximum Gasteiger partial charge on any atom is 0.433 e. The van der Waals surface area contributed by atoms with Gasteiger partial charge in [0.1, 0.15) is 11.5 Å². The third kappa shape index (κ3) is 7.95. The van der Waals surface area contributed by atoms with E-state index in [2.05, 4.69) is 9.97 Å². The van der Waals surface area contributed by atoms with E-state index < -0.39 is 17.8 Å². The van der Waals surface area contributed by atoms with Crippen molar-refractivity contribution in [3.63, 3.8) is 0 Å². The Morgan fingerprint density at radius 2 is 1.64 bits per heavy atom. The second-order valence-corrected chi connectivity index (χ2v) is 5.22. The SMILES string of the molecule is O=C(O)CCCCCCCCCc1nccc(C(F)(F)F)n1. The number of carboxylic acids is 1. The van der Waals surface area contributed by atoms with Crippen molar-refractivity contribution in [2.75, 3.05) is 0 Å². The van der Waals surface area contributed by atoms with Crippen LogP contribution in [0.3, 0.4) is 0 Å². The summed E-state index contributed by atoms with van der Waals surface area (Å²) < 4.78 is 37.4. The molecule has 1 heterocycles. The average Bonchev–Trinajstić information content (AvgIpc) is 2.44. The van der Waals surface area contributed by atoms with Crippen LogP contribution >= 0.6 is 0 Å². The van der Waals surface area contributed by atoms with Crippen molar-refractivity contribution in [1.29, 1.82) is 0 Å². The number of aliphatic carboxylic acids is 1. The largest absolute Gasteiger partial charge is 0.481 e. The van der Waals surface area contributed by atoms with Crippen LogP contribution in [-0.2, 0) is 17.4 Å². The molecule has 0 radical (unpaired) electrons. The van der Waals surface area contributed by atoms with Gasteiger partial charge in [0.05, 0.1) is 0 Å². The summed E-state index contributed by atoms with van der Waals surface area (Å²) in [5.74, 6) is -0.530. The highest BCUT2D eigenvalue weighted by molar-refractivity contribution is 5.66. The fourth-order valence-corrected chi connectivity index (χ4v) is 2.12. The Morgan fingerprint density at radius 1 is 1.05 bits per heavy atom. The molecule has 0 saturated carbocycles. The highest BCUT2D eigenvalue weighted by atomic mass is 19.4. The van der Waals surface area contributed by atoms with E-state index in [0.29, 0.717) is 12.8 Å². The minimum atomic E-state index is -4.42. The van der Waals surface area contributed by atoms with Crippen molar-refractivity contribution < 1.29 is 23.1 Å². The molecule has 1 rings (SSSR count). The standard InChI is InChI=1S/C15H21F3N2O2/c16-15(17,18)12-10-11-19-13(20-12)8-6-4-2-1-3-5-7-9-14(21)22/h10-11H,1-9H2,(H,21,22). The predicted octanol–water partition coefficient (Wildman–Crippen LogP) is 4.24. The van der Waals surface area contributed by atoms with Crippen molar-refractivity contribution in [2.24, 2.45) is 0 Å². The molecular formula is C15H21F3N2O2. The van der Waals surface area contributed by atoms with Gasteiger partial charge in [-0.25, -0.2) is 9.97 Å². The van der Waals surface area contributed by atoms with Crippen LogP contribution in [0, 0.1) is 0 Å². The lowest BCUT2D eigenvalue weighted by molar-refractivity contribution is -0.141. The number of alkyl halides is 3. The first-order valence-corrected chi connectivity index (χ1v) is 7.50. The zero-order valence-corrected chi connectivity index (χ0v) is 12.4. The number of carbonyl (C=O) groups is 1. The fourth-order valence-electron chi connectivity index (χ4n) is 2.12. The zero-order valence-electron chi connectivity index (χ0n) is 12.4. The molecule has 7 heteroatoms. The molecule has 22 heavy (non-hydrogen) atoms. The molecule has 0 atom stereocenters. The minimum absolute atomic E-state index is 0.215. The molecule has 0 aliphatic rings. The minimum Gasteiger partial charge on any atom is -0.481 e. The number of carboxylic acid groups (broad SMARTS) is 1. The molecule has 4 nitrogen and oxygen atoms in total. The van der Waals surface area contributed by atoms with E-state index in [1.807, 2.05) is 0 Å². The van der Waals surface area contributed by atoms with E-state index in [1.165, 1.54) is 0 Å². The number of halogens is 3. The summed E-state index contributed by atoms with van der Waals surface area (Å²) >= 11 is 0. The van der Waals surface area contributed by atoms with E-state index in [9.17, 15) is 18.0 Å². The molecular weight excluding hydrogens is 297 g/mol. The van der Waals surface area contributed by atoms with Crippen molar-refractivity contribution in [1.82, 2.24) is 9.97 Å². The van der Waals surface area contributed by atoms with Crippen LogP contribution in [0.2, 0.25) is 0 Å². The molecule has 124 valence electrons. The van der Waals surface area contributed by atoms with Gasteiger partial charge in [-0.1, -0.05) is 32.1 Å². The second-order valence-electron chi connectivity index (χ2n) is 5.22. The monoisotopic (exact) mass is 318 g/mol. The quantitative estimate of drug-likeness (QED) is 0.655. The topological polar surface area (TPSA) is 63.1 Å². The van der Waals surface area contributed by atoms with Gasteiger partial charge >= 0.3 is 12.1 Å². The maximum atomic E-state index is 12.5. The summed E-state index contributed by atoms with van der Waals surface area (Å²) in [6, 6.07) is 0.876. The number of unbranched alkanes of at least 4 members (excludes halogenated alkanes) is 6. The first-order valence-electron chi connectivity index (χ1n) is 7.50. The lowest BCUT2D eigenvalue weighted by atomic mass is 10.1. The zero-order chi connectivity index (χ0) is 16.4. The van der Waals surface area contributed by atoms with Crippen molar-refractivity contribution in [3.8, 4) is 0 Å². The van der Waals surface area contributed by atoms with Gasteiger partial charge in [0.2, 0.25) is 0 Å². The number of aryl methyl sites for hydroxylation is 1. The van der Waals surface area contributed by atoms with Gasteiger partial charge in [0.15, 0.2) is 0 Å². The lowest BCUT2D eigenvalue weighted by Gasteiger charge is -2.06. The third-order valence-electron chi connectivity index (χ3n) is 3.29. The maximum absolute atomic E-state index is 12.5. The highest BCUT2D eigenvalue weighted by Gasteiger charge is 2.32. The molecule has 0 unspecified atom stereocenters. The van der Waals surface area contributed by atoms with Crippen LogP contribution in [0.4, 0.5) is 13.2 Å².